The van der Waals surface area contributed by atoms with Crippen molar-refractivity contribution >= 4 is 28.9 Å². The summed E-state index contributed by atoms with van der Waals surface area (Å²) < 4.78 is 5.16. The molecule has 0 saturated carbocycles. The number of nitrogens with two attached hydrogens (primary N) is 1. The van der Waals surface area contributed by atoms with Crippen molar-refractivity contribution in [1.82, 2.24) is 5.32 Å². The van der Waals surface area contributed by atoms with E-state index >= 15 is 0 Å². The van der Waals surface area contributed by atoms with Crippen LogP contribution in [0.1, 0.15) is 19.8 Å². The molecule has 0 aromatic heterocycles. The van der Waals surface area contributed by atoms with E-state index < -0.39 is 0 Å². The van der Waals surface area contributed by atoms with Crippen LogP contribution in [0.4, 0.5) is 10.5 Å². The third-order valence-electron chi connectivity index (χ3n) is 2.63. The summed E-state index contributed by atoms with van der Waals surface area (Å²) in [5.41, 5.74) is 6.10. The van der Waals surface area contributed by atoms with Gasteiger partial charge in [0.05, 0.1) is 17.8 Å². The minimum Gasteiger partial charge on any atom is -0.495 e. The van der Waals surface area contributed by atoms with Gasteiger partial charge in [-0.2, -0.15) is 0 Å². The van der Waals surface area contributed by atoms with Crippen LogP contribution in [-0.2, 0) is 0 Å². The number of rotatable bonds is 6. The average Bonchev–Trinajstić information content (AvgIpc) is 2.38. The van der Waals surface area contributed by atoms with Crippen molar-refractivity contribution < 1.29 is 9.53 Å². The average molecular weight is 281 g/mol. The maximum absolute atomic E-state index is 11.9. The summed E-state index contributed by atoms with van der Waals surface area (Å²) in [7, 11) is 1.56. The van der Waals surface area contributed by atoms with E-state index in [0.29, 0.717) is 22.8 Å². The summed E-state index contributed by atoms with van der Waals surface area (Å²) in [5, 5.41) is 5.57. The van der Waals surface area contributed by atoms with Crippen molar-refractivity contribution in [1.29, 1.82) is 0 Å². The maximum Gasteiger partial charge on any atom is 0.319 e. The molecule has 0 aliphatic heterocycles. The zero-order valence-electron chi connectivity index (χ0n) is 11.1. The molecule has 2 amide bonds. The van der Waals surface area contributed by atoms with Gasteiger partial charge in [-0.25, -0.2) is 4.79 Å². The zero-order valence-corrected chi connectivity index (χ0v) is 11.9. The number of anilines is 1. The van der Waals surface area contributed by atoms with Gasteiger partial charge < -0.3 is 21.1 Å². The highest BCUT2D eigenvalue weighted by molar-refractivity contribution is 7.80. The fourth-order valence-electron chi connectivity index (χ4n) is 1.63. The highest BCUT2D eigenvalue weighted by Gasteiger charge is 2.12. The molecule has 19 heavy (non-hydrogen) atoms. The second-order valence-electron chi connectivity index (χ2n) is 4.07. The van der Waals surface area contributed by atoms with Crippen LogP contribution < -0.4 is 21.1 Å². The first-order chi connectivity index (χ1) is 9.06. The summed E-state index contributed by atoms with van der Waals surface area (Å²) in [6.45, 7) is 1.96. The highest BCUT2D eigenvalue weighted by atomic mass is 32.1. The van der Waals surface area contributed by atoms with Crippen molar-refractivity contribution in [3.63, 3.8) is 0 Å². The fraction of sp³-hybridized carbons (Fsp3) is 0.385. The quantitative estimate of drug-likeness (QED) is 0.699. The van der Waals surface area contributed by atoms with E-state index in [0.717, 1.165) is 6.42 Å². The van der Waals surface area contributed by atoms with E-state index in [1.165, 1.54) is 0 Å². The van der Waals surface area contributed by atoms with Crippen LogP contribution in [0.15, 0.2) is 24.3 Å². The summed E-state index contributed by atoms with van der Waals surface area (Å²) in [6, 6.07) is 6.85. The van der Waals surface area contributed by atoms with Crippen LogP contribution >= 0.6 is 12.2 Å². The lowest BCUT2D eigenvalue weighted by atomic mass is 10.1. The minimum atomic E-state index is -0.299. The molecule has 1 aromatic carbocycles. The monoisotopic (exact) mass is 281 g/mol. The number of ether oxygens (including phenoxy) is 1. The second kappa shape index (κ2) is 7.58. The summed E-state index contributed by atoms with van der Waals surface area (Å²) in [5.74, 6) is 0.611. The maximum atomic E-state index is 11.9. The van der Waals surface area contributed by atoms with Gasteiger partial charge in [0.1, 0.15) is 5.75 Å². The second-order valence-corrected chi connectivity index (χ2v) is 4.60. The first-order valence-electron chi connectivity index (χ1n) is 6.05. The molecule has 1 unspecified atom stereocenters. The van der Waals surface area contributed by atoms with Gasteiger partial charge in [-0.05, 0) is 18.6 Å². The molecule has 0 spiro atoms. The van der Waals surface area contributed by atoms with Crippen LogP contribution in [0.2, 0.25) is 0 Å². The van der Waals surface area contributed by atoms with Gasteiger partial charge in [0.25, 0.3) is 0 Å². The largest absolute Gasteiger partial charge is 0.495 e. The van der Waals surface area contributed by atoms with Crippen molar-refractivity contribution in [2.45, 2.75) is 25.8 Å². The molecular formula is C13H19N3O2S. The lowest BCUT2D eigenvalue weighted by Gasteiger charge is -2.17. The van der Waals surface area contributed by atoms with Crippen LogP contribution in [0, 0.1) is 0 Å². The van der Waals surface area contributed by atoms with Gasteiger partial charge in [-0.1, -0.05) is 31.3 Å². The van der Waals surface area contributed by atoms with Gasteiger partial charge in [0.2, 0.25) is 0 Å². The molecule has 0 heterocycles. The predicted octanol–water partition coefficient (Wildman–Crippen LogP) is 2.27. The van der Waals surface area contributed by atoms with Crippen LogP contribution in [0.25, 0.3) is 0 Å². The van der Waals surface area contributed by atoms with Crippen molar-refractivity contribution in [2.75, 3.05) is 12.4 Å². The molecule has 0 fully saturated rings. The third kappa shape index (κ3) is 5.13. The third-order valence-corrected chi connectivity index (χ3v) is 2.80. The molecule has 1 atom stereocenters. The predicted molar refractivity (Wildman–Crippen MR) is 80.6 cm³/mol. The molecule has 0 bridgehead atoms. The standard InChI is InChI=1S/C13H19N3O2S/c1-3-9(8-12(14)19)15-13(17)16-10-6-4-5-7-11(10)18-2/h4-7,9H,3,8H2,1-2H3,(H2,14,19)(H2,15,16,17). The summed E-state index contributed by atoms with van der Waals surface area (Å²) in [4.78, 5) is 12.3. The topological polar surface area (TPSA) is 76.4 Å². The number of hydrogen-bond donors (Lipinski definition) is 3. The normalized spacial score (nSPS) is 11.5. The van der Waals surface area contributed by atoms with Crippen LogP contribution in [0.3, 0.4) is 0 Å². The van der Waals surface area contributed by atoms with Crippen LogP contribution in [-0.4, -0.2) is 24.2 Å². The van der Waals surface area contributed by atoms with E-state index in [1.54, 1.807) is 19.2 Å². The minimum absolute atomic E-state index is 0.0628. The number of thiocarbonyl (C=S) groups is 1. The highest BCUT2D eigenvalue weighted by Crippen LogP contribution is 2.22. The Morgan fingerprint density at radius 2 is 2.16 bits per heavy atom. The number of methoxy groups -OCH3 is 1. The Morgan fingerprint density at radius 3 is 2.74 bits per heavy atom. The van der Waals surface area contributed by atoms with E-state index in [-0.39, 0.29) is 12.1 Å². The van der Waals surface area contributed by atoms with E-state index in [9.17, 15) is 4.79 Å². The molecule has 104 valence electrons. The molecule has 4 N–H and O–H groups in total. The first kappa shape index (κ1) is 15.2. The molecule has 1 aromatic rings. The smallest absolute Gasteiger partial charge is 0.319 e. The summed E-state index contributed by atoms with van der Waals surface area (Å²) in [6.07, 6.45) is 1.25. The fourth-order valence-corrected chi connectivity index (χ4v) is 1.83. The van der Waals surface area contributed by atoms with E-state index in [2.05, 4.69) is 10.6 Å². The number of amides is 2. The number of carbonyl (C=O) groups excluding carboxylic acids is 1. The lowest BCUT2D eigenvalue weighted by Crippen LogP contribution is -2.39. The number of benzene rings is 1. The van der Waals surface area contributed by atoms with Gasteiger partial charge in [-0.3, -0.25) is 0 Å². The van der Waals surface area contributed by atoms with E-state index in [4.69, 9.17) is 22.7 Å². The first-order valence-corrected chi connectivity index (χ1v) is 6.46. The molecule has 5 nitrogen and oxygen atoms in total. The number of urea groups is 1. The summed E-state index contributed by atoms with van der Waals surface area (Å²) >= 11 is 4.85. The van der Waals surface area contributed by atoms with Crippen molar-refractivity contribution in [3.05, 3.63) is 24.3 Å². The molecule has 0 aliphatic carbocycles. The number of nitrogens with one attached hydrogen (secondary N) is 2. The van der Waals surface area contributed by atoms with E-state index in [1.807, 2.05) is 19.1 Å². The lowest BCUT2D eigenvalue weighted by molar-refractivity contribution is 0.248. The Labute approximate surface area is 118 Å². The Balaban J connectivity index is 2.61. The molecule has 1 rings (SSSR count). The number of para-hydroxylation sites is 2. The SMILES string of the molecule is CCC(CC(N)=S)NC(=O)Nc1ccccc1OC. The Morgan fingerprint density at radius 1 is 1.47 bits per heavy atom. The van der Waals surface area contributed by atoms with Gasteiger partial charge in [0.15, 0.2) is 0 Å². The van der Waals surface area contributed by atoms with Gasteiger partial charge >= 0.3 is 6.03 Å². The Kier molecular flexibility index (Phi) is 6.08. The van der Waals surface area contributed by atoms with Crippen molar-refractivity contribution in [3.8, 4) is 5.75 Å². The van der Waals surface area contributed by atoms with Gasteiger partial charge in [0, 0.05) is 12.5 Å². The zero-order chi connectivity index (χ0) is 14.3. The Hall–Kier alpha value is -1.82. The molecule has 0 saturated heterocycles. The van der Waals surface area contributed by atoms with Crippen molar-refractivity contribution in [2.24, 2.45) is 5.73 Å². The van der Waals surface area contributed by atoms with Gasteiger partial charge in [-0.15, -0.1) is 0 Å². The number of carbonyl (C=O) groups is 1. The molecule has 6 heteroatoms. The number of hydrogen-bond acceptors (Lipinski definition) is 3. The van der Waals surface area contributed by atoms with Crippen LogP contribution in [0.5, 0.6) is 5.75 Å². The molecule has 0 aliphatic rings. The molecule has 0 radical (unpaired) electrons. The molecular weight excluding hydrogens is 262 g/mol. The Bertz CT molecular complexity index is 451.